The van der Waals surface area contributed by atoms with Crippen LogP contribution in [0.1, 0.15) is 17.2 Å². The van der Waals surface area contributed by atoms with Gasteiger partial charge in [0.2, 0.25) is 0 Å². The average Bonchev–Trinajstić information content (AvgIpc) is 3.06. The Balaban J connectivity index is 1.98. The first kappa shape index (κ1) is 21.8. The molecule has 9 heteroatoms. The van der Waals surface area contributed by atoms with E-state index in [2.05, 4.69) is 4.98 Å². The Labute approximate surface area is 192 Å². The molecule has 1 aliphatic rings. The SMILES string of the molecule is COc1ccc(Cl)cc1/C(O)=C1\C(=O)C(=O)N(c2ccc(F)c(Cl)c2)C1c1cccnc1. The summed E-state index contributed by atoms with van der Waals surface area (Å²) in [5.74, 6) is -2.73. The highest BCUT2D eigenvalue weighted by atomic mass is 35.5. The molecule has 0 saturated carbocycles. The topological polar surface area (TPSA) is 79.7 Å². The first-order valence-corrected chi connectivity index (χ1v) is 10.1. The van der Waals surface area contributed by atoms with E-state index in [9.17, 15) is 19.1 Å². The molecule has 1 fully saturated rings. The predicted octanol–water partition coefficient (Wildman–Crippen LogP) is 5.16. The fraction of sp³-hybridized carbons (Fsp3) is 0.0870. The fourth-order valence-electron chi connectivity index (χ4n) is 3.60. The molecule has 0 radical (unpaired) electrons. The number of aliphatic hydroxyl groups excluding tert-OH is 1. The zero-order chi connectivity index (χ0) is 23.0. The third-order valence-corrected chi connectivity index (χ3v) is 5.57. The van der Waals surface area contributed by atoms with E-state index in [1.807, 2.05) is 0 Å². The van der Waals surface area contributed by atoms with Crippen LogP contribution in [0, 0.1) is 5.82 Å². The van der Waals surface area contributed by atoms with Crippen LogP contribution in [0.25, 0.3) is 5.76 Å². The molecule has 32 heavy (non-hydrogen) atoms. The number of hydrogen-bond acceptors (Lipinski definition) is 5. The molecule has 0 aliphatic carbocycles. The van der Waals surface area contributed by atoms with Crippen LogP contribution in [0.2, 0.25) is 10.0 Å². The van der Waals surface area contributed by atoms with Gasteiger partial charge in [-0.05, 0) is 48.0 Å². The van der Waals surface area contributed by atoms with E-state index < -0.39 is 29.3 Å². The van der Waals surface area contributed by atoms with E-state index in [1.54, 1.807) is 18.2 Å². The van der Waals surface area contributed by atoms with Gasteiger partial charge < -0.3 is 9.84 Å². The summed E-state index contributed by atoms with van der Waals surface area (Å²) in [7, 11) is 1.40. The number of aromatic nitrogens is 1. The number of Topliss-reactive ketones (excluding diaryl/α,β-unsaturated/α-hetero) is 1. The van der Waals surface area contributed by atoms with Gasteiger partial charge in [-0.3, -0.25) is 19.5 Å². The van der Waals surface area contributed by atoms with E-state index in [1.165, 1.54) is 43.8 Å². The zero-order valence-corrected chi connectivity index (χ0v) is 18.1. The number of amides is 1. The molecule has 1 aromatic heterocycles. The standard InChI is InChI=1S/C23H15Cl2FN2O4/c1-32-18-7-4-13(24)9-15(18)21(29)19-20(12-3-2-8-27-11-12)28(23(31)22(19)30)14-5-6-17(26)16(25)10-14/h2-11,20,29H,1H3/b21-19+. The maximum Gasteiger partial charge on any atom is 0.300 e. The number of carbonyl (C=O) groups excluding carboxylic acids is 2. The van der Waals surface area contributed by atoms with Gasteiger partial charge in [-0.2, -0.15) is 0 Å². The molecule has 0 spiro atoms. The summed E-state index contributed by atoms with van der Waals surface area (Å²) in [6, 6.07) is 10.4. The second-order valence-electron chi connectivity index (χ2n) is 6.90. The van der Waals surface area contributed by atoms with Crippen molar-refractivity contribution in [3.05, 3.63) is 93.5 Å². The molecule has 1 N–H and O–H groups in total. The summed E-state index contributed by atoms with van der Waals surface area (Å²) in [4.78, 5) is 31.4. The molecule has 6 nitrogen and oxygen atoms in total. The van der Waals surface area contributed by atoms with Gasteiger partial charge in [-0.25, -0.2) is 4.39 Å². The molecule has 2 aromatic carbocycles. The number of nitrogens with zero attached hydrogens (tertiary/aromatic N) is 2. The van der Waals surface area contributed by atoms with Crippen LogP contribution in [0.4, 0.5) is 10.1 Å². The van der Waals surface area contributed by atoms with Gasteiger partial charge >= 0.3 is 0 Å². The van der Waals surface area contributed by atoms with Gasteiger partial charge in [0.25, 0.3) is 11.7 Å². The number of methoxy groups -OCH3 is 1. The fourth-order valence-corrected chi connectivity index (χ4v) is 3.94. The minimum absolute atomic E-state index is 0.143. The number of halogens is 3. The maximum absolute atomic E-state index is 13.7. The van der Waals surface area contributed by atoms with Gasteiger partial charge in [0, 0.05) is 23.1 Å². The molecule has 3 aromatic rings. The van der Waals surface area contributed by atoms with E-state index in [0.29, 0.717) is 10.6 Å². The lowest BCUT2D eigenvalue weighted by atomic mass is 9.96. The largest absolute Gasteiger partial charge is 0.507 e. The van der Waals surface area contributed by atoms with Gasteiger partial charge in [0.15, 0.2) is 0 Å². The van der Waals surface area contributed by atoms with Gasteiger partial charge in [-0.1, -0.05) is 29.3 Å². The summed E-state index contributed by atoms with van der Waals surface area (Å²) >= 11 is 12.0. The number of benzene rings is 2. The van der Waals surface area contributed by atoms with Crippen molar-refractivity contribution in [2.45, 2.75) is 6.04 Å². The lowest BCUT2D eigenvalue weighted by Crippen LogP contribution is -2.29. The monoisotopic (exact) mass is 472 g/mol. The molecule has 1 atom stereocenters. The number of anilines is 1. The number of carbonyl (C=O) groups is 2. The first-order chi connectivity index (χ1) is 15.3. The molecule has 1 amide bonds. The van der Waals surface area contributed by atoms with Crippen LogP contribution in [0.15, 0.2) is 66.5 Å². The summed E-state index contributed by atoms with van der Waals surface area (Å²) in [6.45, 7) is 0. The Morgan fingerprint density at radius 1 is 1.16 bits per heavy atom. The molecular weight excluding hydrogens is 458 g/mol. The Morgan fingerprint density at radius 2 is 1.94 bits per heavy atom. The van der Waals surface area contributed by atoms with Crippen molar-refractivity contribution in [3.8, 4) is 5.75 Å². The number of hydrogen-bond donors (Lipinski definition) is 1. The summed E-state index contributed by atoms with van der Waals surface area (Å²) in [5.41, 5.74) is 0.590. The van der Waals surface area contributed by atoms with Crippen LogP contribution in [-0.2, 0) is 9.59 Å². The first-order valence-electron chi connectivity index (χ1n) is 9.33. The highest BCUT2D eigenvalue weighted by molar-refractivity contribution is 6.52. The summed E-state index contributed by atoms with van der Waals surface area (Å²) in [5, 5.41) is 11.3. The number of aliphatic hydroxyl groups is 1. The minimum atomic E-state index is -1.05. The van der Waals surface area contributed by atoms with Crippen molar-refractivity contribution in [2.75, 3.05) is 12.0 Å². The Hall–Kier alpha value is -3.42. The highest BCUT2D eigenvalue weighted by Crippen LogP contribution is 2.43. The molecule has 1 unspecified atom stereocenters. The van der Waals surface area contributed by atoms with E-state index >= 15 is 0 Å². The number of ketones is 1. The van der Waals surface area contributed by atoms with Crippen LogP contribution in [0.3, 0.4) is 0 Å². The molecule has 2 heterocycles. The van der Waals surface area contributed by atoms with Crippen molar-refractivity contribution in [3.63, 3.8) is 0 Å². The third kappa shape index (κ3) is 3.70. The Bertz CT molecular complexity index is 1260. The van der Waals surface area contributed by atoms with Crippen molar-refractivity contribution >= 4 is 46.3 Å². The molecule has 4 rings (SSSR count). The lowest BCUT2D eigenvalue weighted by molar-refractivity contribution is -0.132. The highest BCUT2D eigenvalue weighted by Gasteiger charge is 2.47. The van der Waals surface area contributed by atoms with E-state index in [4.69, 9.17) is 27.9 Å². The number of pyridine rings is 1. The van der Waals surface area contributed by atoms with Crippen molar-refractivity contribution in [1.82, 2.24) is 4.98 Å². The van der Waals surface area contributed by atoms with Crippen LogP contribution < -0.4 is 9.64 Å². The average molecular weight is 473 g/mol. The number of ether oxygens (including phenoxy) is 1. The molecule has 1 saturated heterocycles. The van der Waals surface area contributed by atoms with Crippen LogP contribution in [0.5, 0.6) is 5.75 Å². The molecular formula is C23H15Cl2FN2O4. The number of rotatable bonds is 4. The maximum atomic E-state index is 13.7. The van der Waals surface area contributed by atoms with Gasteiger partial charge in [0.1, 0.15) is 17.3 Å². The van der Waals surface area contributed by atoms with E-state index in [-0.39, 0.29) is 27.6 Å². The second kappa shape index (κ2) is 8.61. The lowest BCUT2D eigenvalue weighted by Gasteiger charge is -2.25. The predicted molar refractivity (Wildman–Crippen MR) is 118 cm³/mol. The van der Waals surface area contributed by atoms with Gasteiger partial charge in [0.05, 0.1) is 29.3 Å². The minimum Gasteiger partial charge on any atom is -0.507 e. The van der Waals surface area contributed by atoms with Crippen LogP contribution >= 0.6 is 23.2 Å². The smallest absolute Gasteiger partial charge is 0.300 e. The van der Waals surface area contributed by atoms with Crippen molar-refractivity contribution < 1.29 is 23.8 Å². The molecule has 0 bridgehead atoms. The molecule has 162 valence electrons. The van der Waals surface area contributed by atoms with Crippen molar-refractivity contribution in [2.24, 2.45) is 0 Å². The normalized spacial score (nSPS) is 17.6. The summed E-state index contributed by atoms with van der Waals surface area (Å²) in [6.07, 6.45) is 3.00. The molecule has 1 aliphatic heterocycles. The Kier molecular flexibility index (Phi) is 5.86. The van der Waals surface area contributed by atoms with Crippen molar-refractivity contribution in [1.29, 1.82) is 0 Å². The van der Waals surface area contributed by atoms with Gasteiger partial charge in [-0.15, -0.1) is 0 Å². The van der Waals surface area contributed by atoms with Crippen LogP contribution in [-0.4, -0.2) is 28.9 Å². The summed E-state index contributed by atoms with van der Waals surface area (Å²) < 4.78 is 19.0. The quantitative estimate of drug-likeness (QED) is 0.322. The second-order valence-corrected chi connectivity index (χ2v) is 7.74. The Morgan fingerprint density at radius 3 is 2.59 bits per heavy atom. The van der Waals surface area contributed by atoms with E-state index in [0.717, 1.165) is 11.0 Å². The third-order valence-electron chi connectivity index (χ3n) is 5.04. The zero-order valence-electron chi connectivity index (χ0n) is 16.6.